The summed E-state index contributed by atoms with van der Waals surface area (Å²) in [5.41, 5.74) is 3.67. The van der Waals surface area contributed by atoms with Crippen LogP contribution in [0.15, 0.2) is 66.9 Å². The van der Waals surface area contributed by atoms with Crippen LogP contribution in [0.25, 0.3) is 0 Å². The molecule has 0 saturated heterocycles. The molecule has 0 atom stereocenters. The Hall–Kier alpha value is -4.20. The van der Waals surface area contributed by atoms with Crippen LogP contribution >= 0.6 is 0 Å². The average Bonchev–Trinajstić information content (AvgIpc) is 2.86. The van der Waals surface area contributed by atoms with Gasteiger partial charge in [0.15, 0.2) is 0 Å². The van der Waals surface area contributed by atoms with Crippen molar-refractivity contribution in [3.63, 3.8) is 0 Å². The summed E-state index contributed by atoms with van der Waals surface area (Å²) in [4.78, 5) is 40.4. The van der Waals surface area contributed by atoms with Crippen molar-refractivity contribution >= 4 is 29.1 Å². The van der Waals surface area contributed by atoms with Gasteiger partial charge in [0.25, 0.3) is 5.91 Å². The van der Waals surface area contributed by atoms with E-state index in [0.717, 1.165) is 22.7 Å². The van der Waals surface area contributed by atoms with E-state index in [1.807, 2.05) is 36.4 Å². The second-order valence-corrected chi connectivity index (χ2v) is 7.95. The molecule has 0 saturated carbocycles. The summed E-state index contributed by atoms with van der Waals surface area (Å²) >= 11 is 0. The van der Waals surface area contributed by atoms with E-state index < -0.39 is 0 Å². The Morgan fingerprint density at radius 1 is 1.03 bits per heavy atom. The zero-order chi connectivity index (χ0) is 23.8. The number of anilines is 2. The number of pyridine rings is 1. The molecular formula is C26H26N4O4. The van der Waals surface area contributed by atoms with Gasteiger partial charge in [-0.1, -0.05) is 12.1 Å². The van der Waals surface area contributed by atoms with Gasteiger partial charge in [-0.3, -0.25) is 19.4 Å². The fraction of sp³-hybridized carbons (Fsp3) is 0.231. The first-order valence-corrected chi connectivity index (χ1v) is 11.2. The maximum Gasteiger partial charge on any atom is 0.251 e. The molecule has 2 aromatic carbocycles. The van der Waals surface area contributed by atoms with Crippen molar-refractivity contribution in [2.24, 2.45) is 0 Å². The Kier molecular flexibility index (Phi) is 7.49. The highest BCUT2D eigenvalue weighted by Crippen LogP contribution is 2.26. The molecule has 0 radical (unpaired) electrons. The zero-order valence-corrected chi connectivity index (χ0v) is 18.7. The summed E-state index contributed by atoms with van der Waals surface area (Å²) in [6.07, 6.45) is 3.68. The number of nitrogens with one attached hydrogen (secondary N) is 3. The van der Waals surface area contributed by atoms with Gasteiger partial charge in [-0.2, -0.15) is 0 Å². The predicted molar refractivity (Wildman–Crippen MR) is 129 cm³/mol. The van der Waals surface area contributed by atoms with Crippen molar-refractivity contribution in [2.45, 2.75) is 32.2 Å². The van der Waals surface area contributed by atoms with Crippen LogP contribution in [-0.4, -0.2) is 29.3 Å². The third-order valence-electron chi connectivity index (χ3n) is 5.35. The lowest BCUT2D eigenvalue weighted by Gasteiger charge is -2.17. The van der Waals surface area contributed by atoms with Crippen molar-refractivity contribution in [2.75, 3.05) is 17.2 Å². The third kappa shape index (κ3) is 6.41. The average molecular weight is 459 g/mol. The van der Waals surface area contributed by atoms with Gasteiger partial charge in [-0.25, -0.2) is 0 Å². The van der Waals surface area contributed by atoms with Gasteiger partial charge in [-0.15, -0.1) is 0 Å². The fourth-order valence-corrected chi connectivity index (χ4v) is 3.61. The normalized spacial score (nSPS) is 12.3. The standard InChI is InChI=1S/C26H26N4O4/c31-24(8-4-14-34-22-10-11-23-18(16-22)9-12-25(32)30-23)29-20-7-3-5-19(15-20)26(33)28-17-21-6-1-2-13-27-21/h1-3,5-7,10-11,13,15-16H,4,8-9,12,14,17H2,(H,28,33)(H,29,31)(H,30,32). The van der Waals surface area contributed by atoms with Crippen LogP contribution in [-0.2, 0) is 22.6 Å². The van der Waals surface area contributed by atoms with Crippen molar-refractivity contribution in [1.82, 2.24) is 10.3 Å². The molecule has 1 aliphatic heterocycles. The van der Waals surface area contributed by atoms with E-state index in [9.17, 15) is 14.4 Å². The highest BCUT2D eigenvalue weighted by molar-refractivity contribution is 5.97. The van der Waals surface area contributed by atoms with E-state index in [2.05, 4.69) is 20.9 Å². The molecule has 1 aliphatic rings. The third-order valence-corrected chi connectivity index (χ3v) is 5.35. The number of hydrogen-bond donors (Lipinski definition) is 3. The SMILES string of the molecule is O=C(CCCOc1ccc2c(c1)CCC(=O)N2)Nc1cccc(C(=O)NCc2ccccn2)c1. The molecule has 0 bridgehead atoms. The molecule has 34 heavy (non-hydrogen) atoms. The van der Waals surface area contributed by atoms with Crippen LogP contribution in [0, 0.1) is 0 Å². The van der Waals surface area contributed by atoms with Crippen molar-refractivity contribution in [3.8, 4) is 5.75 Å². The van der Waals surface area contributed by atoms with E-state index >= 15 is 0 Å². The van der Waals surface area contributed by atoms with Crippen LogP contribution in [0.5, 0.6) is 5.75 Å². The molecule has 1 aromatic heterocycles. The molecule has 0 fully saturated rings. The minimum absolute atomic E-state index is 0.0304. The van der Waals surface area contributed by atoms with E-state index in [-0.39, 0.29) is 24.1 Å². The summed E-state index contributed by atoms with van der Waals surface area (Å²) < 4.78 is 5.76. The van der Waals surface area contributed by atoms with Gasteiger partial charge < -0.3 is 20.7 Å². The monoisotopic (exact) mass is 458 g/mol. The van der Waals surface area contributed by atoms with E-state index in [0.29, 0.717) is 43.7 Å². The molecule has 4 rings (SSSR count). The number of amides is 3. The number of carbonyl (C=O) groups excluding carboxylic acids is 3. The Labute approximate surface area is 197 Å². The second-order valence-electron chi connectivity index (χ2n) is 7.95. The lowest BCUT2D eigenvalue weighted by atomic mass is 10.0. The molecule has 174 valence electrons. The molecule has 0 unspecified atom stereocenters. The highest BCUT2D eigenvalue weighted by atomic mass is 16.5. The van der Waals surface area contributed by atoms with Crippen molar-refractivity contribution in [3.05, 3.63) is 83.7 Å². The Bertz CT molecular complexity index is 1180. The van der Waals surface area contributed by atoms with Crippen LogP contribution in [0.3, 0.4) is 0 Å². The molecular weight excluding hydrogens is 432 g/mol. The van der Waals surface area contributed by atoms with Gasteiger partial charge in [0.1, 0.15) is 5.75 Å². The predicted octanol–water partition coefficient (Wildman–Crippen LogP) is 3.69. The van der Waals surface area contributed by atoms with Crippen LogP contribution in [0.4, 0.5) is 11.4 Å². The Balaban J connectivity index is 1.20. The minimum Gasteiger partial charge on any atom is -0.494 e. The van der Waals surface area contributed by atoms with Gasteiger partial charge in [-0.05, 0) is 66.9 Å². The lowest BCUT2D eigenvalue weighted by molar-refractivity contribution is -0.117. The van der Waals surface area contributed by atoms with Crippen molar-refractivity contribution in [1.29, 1.82) is 0 Å². The van der Waals surface area contributed by atoms with Crippen LogP contribution < -0.4 is 20.7 Å². The van der Waals surface area contributed by atoms with Gasteiger partial charge in [0, 0.05) is 36.0 Å². The number of aromatic nitrogens is 1. The van der Waals surface area contributed by atoms with Gasteiger partial charge in [0.05, 0.1) is 18.8 Å². The summed E-state index contributed by atoms with van der Waals surface area (Å²) in [6, 6.07) is 17.9. The van der Waals surface area contributed by atoms with Gasteiger partial charge >= 0.3 is 0 Å². The quantitative estimate of drug-likeness (QED) is 0.424. The number of carbonyl (C=O) groups is 3. The zero-order valence-electron chi connectivity index (χ0n) is 18.7. The summed E-state index contributed by atoms with van der Waals surface area (Å²) in [7, 11) is 0. The second kappa shape index (κ2) is 11.1. The van der Waals surface area contributed by atoms with E-state index in [4.69, 9.17) is 4.74 Å². The molecule has 0 spiro atoms. The molecule has 0 aliphatic carbocycles. The number of nitrogens with zero attached hydrogens (tertiary/aromatic N) is 1. The van der Waals surface area contributed by atoms with E-state index in [1.54, 1.807) is 30.5 Å². The Morgan fingerprint density at radius 3 is 2.79 bits per heavy atom. The summed E-state index contributed by atoms with van der Waals surface area (Å²) in [5, 5.41) is 8.49. The number of ether oxygens (including phenoxy) is 1. The molecule has 3 aromatic rings. The van der Waals surface area contributed by atoms with Crippen molar-refractivity contribution < 1.29 is 19.1 Å². The van der Waals surface area contributed by atoms with Crippen LogP contribution in [0.2, 0.25) is 0 Å². The number of fused-ring (bicyclic) bond motifs is 1. The maximum absolute atomic E-state index is 12.4. The van der Waals surface area contributed by atoms with Gasteiger partial charge in [0.2, 0.25) is 11.8 Å². The molecule has 3 amide bonds. The first-order valence-electron chi connectivity index (χ1n) is 11.2. The number of aryl methyl sites for hydroxylation is 1. The number of benzene rings is 2. The first kappa shape index (κ1) is 23.0. The molecule has 2 heterocycles. The highest BCUT2D eigenvalue weighted by Gasteiger charge is 2.15. The molecule has 8 heteroatoms. The molecule has 8 nitrogen and oxygen atoms in total. The van der Waals surface area contributed by atoms with E-state index in [1.165, 1.54) is 0 Å². The number of rotatable bonds is 9. The Morgan fingerprint density at radius 2 is 1.94 bits per heavy atom. The lowest BCUT2D eigenvalue weighted by Crippen LogP contribution is -2.23. The smallest absolute Gasteiger partial charge is 0.251 e. The van der Waals surface area contributed by atoms with Crippen LogP contribution in [0.1, 0.15) is 40.9 Å². The molecule has 3 N–H and O–H groups in total. The largest absolute Gasteiger partial charge is 0.494 e. The number of hydrogen-bond acceptors (Lipinski definition) is 5. The summed E-state index contributed by atoms with van der Waals surface area (Å²) in [5.74, 6) is 0.366. The summed E-state index contributed by atoms with van der Waals surface area (Å²) in [6.45, 7) is 0.726. The fourth-order valence-electron chi connectivity index (χ4n) is 3.61. The maximum atomic E-state index is 12.4. The first-order chi connectivity index (χ1) is 16.6. The minimum atomic E-state index is -0.236. The topological polar surface area (TPSA) is 109 Å².